The number of rotatable bonds is 2. The van der Waals surface area contributed by atoms with E-state index in [-0.39, 0.29) is 0 Å². The van der Waals surface area contributed by atoms with Gasteiger partial charge in [-0.2, -0.15) is 0 Å². The molecule has 27 heavy (non-hydrogen) atoms. The number of hydrogen-bond donors (Lipinski definition) is 1. The molecule has 4 nitrogen and oxygen atoms in total. The van der Waals surface area contributed by atoms with Gasteiger partial charge in [0.15, 0.2) is 0 Å². The van der Waals surface area contributed by atoms with Crippen molar-refractivity contribution in [1.82, 2.24) is 9.97 Å². The molecule has 2 heterocycles. The Morgan fingerprint density at radius 3 is 2.56 bits per heavy atom. The number of imidazole rings is 1. The van der Waals surface area contributed by atoms with E-state index < -0.39 is 0 Å². The molecule has 0 fully saturated rings. The number of hydrogen-bond acceptors (Lipinski definition) is 3. The van der Waals surface area contributed by atoms with Crippen molar-refractivity contribution < 1.29 is 4.42 Å². The standard InChI is InChI=1S/C22H14ClN3O/c23-16-8-2-3-9-17(16)26-22-15(13-14-7-1-6-12-20(14)27-22)21-24-18-10-4-5-11-19(18)25-21/h1-13H,(H,24,25). The van der Waals surface area contributed by atoms with Gasteiger partial charge in [0.05, 0.1) is 27.3 Å². The van der Waals surface area contributed by atoms with Gasteiger partial charge in [0.2, 0.25) is 5.55 Å². The Balaban J connectivity index is 1.83. The molecule has 130 valence electrons. The van der Waals surface area contributed by atoms with E-state index in [4.69, 9.17) is 21.0 Å². The molecule has 0 spiro atoms. The van der Waals surface area contributed by atoms with Crippen LogP contribution in [0, 0.1) is 0 Å². The highest BCUT2D eigenvalue weighted by molar-refractivity contribution is 6.32. The van der Waals surface area contributed by atoms with Gasteiger partial charge < -0.3 is 9.40 Å². The summed E-state index contributed by atoms with van der Waals surface area (Å²) < 4.78 is 6.12. The third kappa shape index (κ3) is 2.90. The molecule has 3 aromatic carbocycles. The van der Waals surface area contributed by atoms with Crippen LogP contribution in [-0.2, 0) is 0 Å². The lowest BCUT2D eigenvalue weighted by molar-refractivity contribution is 0.547. The molecular formula is C22H14ClN3O. The smallest absolute Gasteiger partial charge is 0.230 e. The fourth-order valence-corrected chi connectivity index (χ4v) is 3.23. The van der Waals surface area contributed by atoms with Crippen molar-refractivity contribution >= 4 is 39.3 Å². The zero-order chi connectivity index (χ0) is 18.2. The Morgan fingerprint density at radius 1 is 0.889 bits per heavy atom. The second-order valence-electron chi connectivity index (χ2n) is 6.17. The maximum atomic E-state index is 6.30. The molecule has 1 N–H and O–H groups in total. The molecule has 5 aromatic rings. The van der Waals surface area contributed by atoms with Crippen LogP contribution >= 0.6 is 11.6 Å². The minimum Gasteiger partial charge on any atom is -0.438 e. The van der Waals surface area contributed by atoms with E-state index in [0.29, 0.717) is 22.1 Å². The number of aromatic amines is 1. The Bertz CT molecular complexity index is 1320. The van der Waals surface area contributed by atoms with Crippen molar-refractivity contribution in [2.45, 2.75) is 0 Å². The van der Waals surface area contributed by atoms with E-state index in [9.17, 15) is 0 Å². The maximum absolute atomic E-state index is 6.30. The lowest BCUT2D eigenvalue weighted by Gasteiger charge is -2.03. The highest BCUT2D eigenvalue weighted by atomic mass is 35.5. The first-order chi connectivity index (χ1) is 13.3. The molecule has 0 aliphatic rings. The molecule has 0 radical (unpaired) electrons. The summed E-state index contributed by atoms with van der Waals surface area (Å²) in [5.74, 6) is 0.705. The van der Waals surface area contributed by atoms with Crippen molar-refractivity contribution in [2.24, 2.45) is 4.99 Å². The number of halogens is 1. The van der Waals surface area contributed by atoms with Crippen LogP contribution in [0.3, 0.4) is 0 Å². The number of H-pyrrole nitrogens is 1. The highest BCUT2D eigenvalue weighted by Crippen LogP contribution is 2.25. The van der Waals surface area contributed by atoms with Crippen LogP contribution in [0.4, 0.5) is 5.69 Å². The minimum atomic E-state index is 0.459. The first-order valence-electron chi connectivity index (χ1n) is 8.55. The van der Waals surface area contributed by atoms with Crippen LogP contribution in [0.1, 0.15) is 0 Å². The van der Waals surface area contributed by atoms with Gasteiger partial charge in [-0.25, -0.2) is 9.98 Å². The maximum Gasteiger partial charge on any atom is 0.230 e. The van der Waals surface area contributed by atoms with Crippen LogP contribution in [0.15, 0.2) is 88.3 Å². The van der Waals surface area contributed by atoms with Crippen LogP contribution < -0.4 is 5.55 Å². The molecule has 0 aliphatic heterocycles. The second-order valence-corrected chi connectivity index (χ2v) is 6.58. The van der Waals surface area contributed by atoms with Gasteiger partial charge in [-0.05, 0) is 36.4 Å². The molecule has 0 amide bonds. The van der Waals surface area contributed by atoms with Crippen LogP contribution in [-0.4, -0.2) is 9.97 Å². The zero-order valence-electron chi connectivity index (χ0n) is 14.2. The molecule has 0 aliphatic carbocycles. The van der Waals surface area contributed by atoms with E-state index in [1.807, 2.05) is 78.9 Å². The van der Waals surface area contributed by atoms with Crippen LogP contribution in [0.5, 0.6) is 0 Å². The Kier molecular flexibility index (Phi) is 3.77. The number of nitrogens with zero attached hydrogens (tertiary/aromatic N) is 2. The molecule has 5 rings (SSSR count). The van der Waals surface area contributed by atoms with Crippen LogP contribution in [0.2, 0.25) is 5.02 Å². The van der Waals surface area contributed by atoms with Gasteiger partial charge in [-0.3, -0.25) is 0 Å². The number of para-hydroxylation sites is 4. The van der Waals surface area contributed by atoms with Crippen molar-refractivity contribution in [2.75, 3.05) is 0 Å². The number of fused-ring (bicyclic) bond motifs is 2. The average Bonchev–Trinajstić information content (AvgIpc) is 3.13. The summed E-state index contributed by atoms with van der Waals surface area (Å²) in [5.41, 5.74) is 4.50. The van der Waals surface area contributed by atoms with Crippen molar-refractivity contribution in [1.29, 1.82) is 0 Å². The molecule has 0 unspecified atom stereocenters. The summed E-state index contributed by atoms with van der Waals surface area (Å²) in [4.78, 5) is 12.7. The minimum absolute atomic E-state index is 0.459. The summed E-state index contributed by atoms with van der Waals surface area (Å²) in [6, 6.07) is 25.2. The molecule has 0 atom stereocenters. The largest absolute Gasteiger partial charge is 0.438 e. The molecule has 0 saturated heterocycles. The molecular weight excluding hydrogens is 358 g/mol. The summed E-state index contributed by atoms with van der Waals surface area (Å²) in [6.07, 6.45) is 0. The van der Waals surface area contributed by atoms with E-state index in [1.54, 1.807) is 0 Å². The highest BCUT2D eigenvalue weighted by Gasteiger charge is 2.11. The normalized spacial score (nSPS) is 12.1. The summed E-state index contributed by atoms with van der Waals surface area (Å²) >= 11 is 6.30. The first-order valence-corrected chi connectivity index (χ1v) is 8.93. The van der Waals surface area contributed by atoms with Crippen molar-refractivity contribution in [3.05, 3.63) is 89.4 Å². The van der Waals surface area contributed by atoms with Crippen molar-refractivity contribution in [3.63, 3.8) is 0 Å². The predicted octanol–water partition coefficient (Wildman–Crippen LogP) is 5.86. The first kappa shape index (κ1) is 15.9. The predicted molar refractivity (Wildman–Crippen MR) is 108 cm³/mol. The average molecular weight is 372 g/mol. The van der Waals surface area contributed by atoms with Crippen LogP contribution in [0.25, 0.3) is 33.4 Å². The topological polar surface area (TPSA) is 54.2 Å². The van der Waals surface area contributed by atoms with Crippen molar-refractivity contribution in [3.8, 4) is 11.4 Å². The summed E-state index contributed by atoms with van der Waals surface area (Å²) in [5, 5.41) is 1.54. The molecule has 2 aromatic heterocycles. The molecule has 0 bridgehead atoms. The number of benzene rings is 3. The fraction of sp³-hybridized carbons (Fsp3) is 0. The summed E-state index contributed by atoms with van der Waals surface area (Å²) in [6.45, 7) is 0. The Morgan fingerprint density at radius 2 is 1.67 bits per heavy atom. The quantitative estimate of drug-likeness (QED) is 0.422. The number of nitrogens with one attached hydrogen (secondary N) is 1. The second kappa shape index (κ2) is 6.41. The molecule has 5 heteroatoms. The fourth-order valence-electron chi connectivity index (χ4n) is 3.05. The van der Waals surface area contributed by atoms with Gasteiger partial charge in [0.1, 0.15) is 11.4 Å². The zero-order valence-corrected chi connectivity index (χ0v) is 14.9. The monoisotopic (exact) mass is 371 g/mol. The van der Waals surface area contributed by atoms with Gasteiger partial charge in [-0.15, -0.1) is 0 Å². The molecule has 0 saturated carbocycles. The van der Waals surface area contributed by atoms with E-state index >= 15 is 0 Å². The van der Waals surface area contributed by atoms with Gasteiger partial charge >= 0.3 is 0 Å². The van der Waals surface area contributed by atoms with E-state index in [2.05, 4.69) is 9.98 Å². The number of aromatic nitrogens is 2. The lowest BCUT2D eigenvalue weighted by Crippen LogP contribution is -2.06. The van der Waals surface area contributed by atoms with Gasteiger partial charge in [0, 0.05) is 5.39 Å². The summed E-state index contributed by atoms with van der Waals surface area (Å²) in [7, 11) is 0. The van der Waals surface area contributed by atoms with Gasteiger partial charge in [0.25, 0.3) is 0 Å². The third-order valence-corrected chi connectivity index (χ3v) is 4.69. The third-order valence-electron chi connectivity index (χ3n) is 4.37. The van der Waals surface area contributed by atoms with Gasteiger partial charge in [-0.1, -0.05) is 54.1 Å². The lowest BCUT2D eigenvalue weighted by atomic mass is 10.2. The Hall–Kier alpha value is -3.37. The van der Waals surface area contributed by atoms with E-state index in [1.165, 1.54) is 0 Å². The van der Waals surface area contributed by atoms with E-state index in [0.717, 1.165) is 27.6 Å². The Labute approximate surface area is 159 Å². The SMILES string of the molecule is Clc1ccccc1N=c1oc2ccccc2cc1-c1nc2ccccc2[nH]1.